The predicted molar refractivity (Wildman–Crippen MR) is 115 cm³/mol. The quantitative estimate of drug-likeness (QED) is 0.252. The Morgan fingerprint density at radius 2 is 1.90 bits per heavy atom. The summed E-state index contributed by atoms with van der Waals surface area (Å²) >= 11 is 3.43. The third-order valence-corrected chi connectivity index (χ3v) is 6.52. The third kappa shape index (κ3) is 3.75. The van der Waals surface area contributed by atoms with Gasteiger partial charge in [0.2, 0.25) is 0 Å². The second kappa shape index (κ2) is 8.45. The summed E-state index contributed by atoms with van der Waals surface area (Å²) in [6, 6.07) is 3.39. The second-order valence-electron chi connectivity index (χ2n) is 7.78. The van der Waals surface area contributed by atoms with Crippen LogP contribution >= 0.6 is 15.9 Å². The zero-order valence-electron chi connectivity index (χ0n) is 17.4. The molecule has 1 saturated carbocycles. The lowest BCUT2D eigenvalue weighted by molar-refractivity contribution is -0.148. The highest BCUT2D eigenvalue weighted by atomic mass is 79.9. The van der Waals surface area contributed by atoms with Crippen LogP contribution in [-0.4, -0.2) is 48.8 Å². The molecule has 0 aromatic heterocycles. The molecule has 1 aromatic rings. The molecule has 1 aliphatic heterocycles. The van der Waals surface area contributed by atoms with Crippen molar-refractivity contribution in [3.63, 3.8) is 0 Å². The van der Waals surface area contributed by atoms with E-state index in [1.54, 1.807) is 19.1 Å². The number of rotatable bonds is 7. The van der Waals surface area contributed by atoms with Crippen LogP contribution in [0, 0.1) is 23.7 Å². The molecule has 2 amide bonds. The molecular formula is C22H23BrN2O6. The summed E-state index contributed by atoms with van der Waals surface area (Å²) in [7, 11) is 1.29. The highest BCUT2D eigenvalue weighted by Gasteiger charge is 2.59. The average molecular weight is 491 g/mol. The topological polar surface area (TPSA) is 94.5 Å². The van der Waals surface area contributed by atoms with E-state index in [9.17, 15) is 14.4 Å². The van der Waals surface area contributed by atoms with Crippen LogP contribution in [0.3, 0.4) is 0 Å². The van der Waals surface area contributed by atoms with E-state index in [1.165, 1.54) is 13.3 Å². The Labute approximate surface area is 188 Å². The fraction of sp³-hybridized carbons (Fsp3) is 0.455. The fourth-order valence-electron chi connectivity index (χ4n) is 4.56. The fourth-order valence-corrected chi connectivity index (χ4v) is 5.11. The number of hydrogen-bond acceptors (Lipinski definition) is 7. The number of benzene rings is 1. The van der Waals surface area contributed by atoms with E-state index in [0.29, 0.717) is 28.1 Å². The number of hydrogen-bond donors (Lipinski definition) is 0. The number of esters is 1. The van der Waals surface area contributed by atoms with Gasteiger partial charge in [0.25, 0.3) is 11.8 Å². The molecule has 3 aliphatic rings. The molecule has 2 bridgehead atoms. The van der Waals surface area contributed by atoms with Gasteiger partial charge in [-0.2, -0.15) is 10.1 Å². The van der Waals surface area contributed by atoms with E-state index in [2.05, 4.69) is 21.0 Å². The largest absolute Gasteiger partial charge is 0.490 e. The maximum atomic E-state index is 12.8. The number of carbonyl (C=O) groups excluding carboxylic acids is 3. The minimum absolute atomic E-state index is 0.138. The second-order valence-corrected chi connectivity index (χ2v) is 8.63. The van der Waals surface area contributed by atoms with Crippen molar-refractivity contribution in [1.29, 1.82) is 0 Å². The lowest BCUT2D eigenvalue weighted by atomic mass is 9.85. The summed E-state index contributed by atoms with van der Waals surface area (Å²) in [5, 5.41) is 5.20. The molecule has 8 nitrogen and oxygen atoms in total. The van der Waals surface area contributed by atoms with Gasteiger partial charge in [0.05, 0.1) is 36.2 Å². The molecule has 1 saturated heterocycles. The van der Waals surface area contributed by atoms with Gasteiger partial charge in [-0.25, -0.2) is 4.79 Å². The smallest absolute Gasteiger partial charge is 0.346 e. The molecule has 2 fully saturated rings. The van der Waals surface area contributed by atoms with Crippen molar-refractivity contribution in [3.8, 4) is 11.5 Å². The number of imide groups is 1. The van der Waals surface area contributed by atoms with Crippen molar-refractivity contribution in [3.05, 3.63) is 34.3 Å². The highest BCUT2D eigenvalue weighted by molar-refractivity contribution is 9.10. The molecule has 164 valence electrons. The first-order valence-corrected chi connectivity index (χ1v) is 11.0. The zero-order chi connectivity index (χ0) is 22.3. The van der Waals surface area contributed by atoms with Gasteiger partial charge in [-0.05, 0) is 65.7 Å². The van der Waals surface area contributed by atoms with Crippen molar-refractivity contribution in [1.82, 2.24) is 5.01 Å². The van der Waals surface area contributed by atoms with Crippen molar-refractivity contribution >= 4 is 39.9 Å². The zero-order valence-corrected chi connectivity index (χ0v) is 19.0. The highest BCUT2D eigenvalue weighted by Crippen LogP contribution is 2.52. The number of hydrazone groups is 1. The summed E-state index contributed by atoms with van der Waals surface area (Å²) in [5.41, 5.74) is 0.604. The molecule has 2 aliphatic carbocycles. The Hall–Kier alpha value is -2.68. The molecular weight excluding hydrogens is 468 g/mol. The van der Waals surface area contributed by atoms with Gasteiger partial charge >= 0.3 is 5.97 Å². The summed E-state index contributed by atoms with van der Waals surface area (Å²) in [5.74, 6) is -0.549. The lowest BCUT2D eigenvalue weighted by Gasteiger charge is -2.18. The minimum atomic E-state index is -0.830. The van der Waals surface area contributed by atoms with E-state index in [-0.39, 0.29) is 35.5 Å². The van der Waals surface area contributed by atoms with E-state index in [1.807, 2.05) is 19.1 Å². The summed E-state index contributed by atoms with van der Waals surface area (Å²) in [6.07, 6.45) is 5.59. The Kier molecular flexibility index (Phi) is 5.88. The SMILES string of the molecule is CCOc1cc(C=NN2C(=O)[C@@H]3[C@H](C2=O)[C@H]2C=C[C@H]3C2)cc(Br)c1O[C@H](C)C(=O)OC. The van der Waals surface area contributed by atoms with Crippen LogP contribution in [0.2, 0.25) is 0 Å². The molecule has 0 N–H and O–H groups in total. The molecule has 0 unspecified atom stereocenters. The molecule has 0 radical (unpaired) electrons. The number of nitrogens with zero attached hydrogens (tertiary/aromatic N) is 2. The van der Waals surface area contributed by atoms with Gasteiger partial charge in [-0.15, -0.1) is 0 Å². The van der Waals surface area contributed by atoms with Crippen LogP contribution in [0.1, 0.15) is 25.8 Å². The van der Waals surface area contributed by atoms with Crippen molar-refractivity contribution < 1.29 is 28.6 Å². The molecule has 5 atom stereocenters. The third-order valence-electron chi connectivity index (χ3n) is 5.93. The molecule has 4 rings (SSSR count). The monoisotopic (exact) mass is 490 g/mol. The molecule has 9 heteroatoms. The molecule has 0 spiro atoms. The van der Waals surface area contributed by atoms with Crippen molar-refractivity contribution in [2.24, 2.45) is 28.8 Å². The van der Waals surface area contributed by atoms with E-state index >= 15 is 0 Å². The Balaban J connectivity index is 1.56. The standard InChI is InChI=1S/C22H23BrN2O6/c1-4-30-16-8-12(7-15(23)19(16)31-11(2)22(28)29-3)10-24-25-20(26)17-13-5-6-14(9-13)18(17)21(25)27/h5-8,10-11,13-14,17-18H,4,9H2,1-3H3/t11-,13+,14+,17-,18+/m1/s1. The lowest BCUT2D eigenvalue weighted by Crippen LogP contribution is -2.28. The van der Waals surface area contributed by atoms with E-state index < -0.39 is 12.1 Å². The van der Waals surface area contributed by atoms with E-state index in [0.717, 1.165) is 11.4 Å². The van der Waals surface area contributed by atoms with Crippen LogP contribution in [0.15, 0.2) is 33.9 Å². The van der Waals surface area contributed by atoms with Crippen LogP contribution in [0.4, 0.5) is 0 Å². The normalized spacial score (nSPS) is 27.2. The van der Waals surface area contributed by atoms with Crippen molar-refractivity contribution in [2.45, 2.75) is 26.4 Å². The first-order chi connectivity index (χ1) is 14.8. The van der Waals surface area contributed by atoms with Crippen LogP contribution in [0.25, 0.3) is 0 Å². The number of fused-ring (bicyclic) bond motifs is 5. The van der Waals surface area contributed by atoms with Crippen LogP contribution in [-0.2, 0) is 19.1 Å². The summed E-state index contributed by atoms with van der Waals surface area (Å²) in [4.78, 5) is 37.3. The maximum Gasteiger partial charge on any atom is 0.346 e. The van der Waals surface area contributed by atoms with E-state index in [4.69, 9.17) is 14.2 Å². The number of amides is 2. The number of carbonyl (C=O) groups is 3. The van der Waals surface area contributed by atoms with Gasteiger partial charge in [-0.1, -0.05) is 12.2 Å². The van der Waals surface area contributed by atoms with Crippen LogP contribution in [0.5, 0.6) is 11.5 Å². The number of methoxy groups -OCH3 is 1. The van der Waals surface area contributed by atoms with Crippen LogP contribution < -0.4 is 9.47 Å². The minimum Gasteiger partial charge on any atom is -0.490 e. The molecule has 1 aromatic carbocycles. The Morgan fingerprint density at radius 3 is 2.48 bits per heavy atom. The van der Waals surface area contributed by atoms with Gasteiger partial charge in [0, 0.05) is 0 Å². The molecule has 31 heavy (non-hydrogen) atoms. The van der Waals surface area contributed by atoms with Gasteiger partial charge < -0.3 is 14.2 Å². The van der Waals surface area contributed by atoms with Gasteiger partial charge in [0.15, 0.2) is 17.6 Å². The molecule has 1 heterocycles. The Morgan fingerprint density at radius 1 is 1.26 bits per heavy atom. The van der Waals surface area contributed by atoms with Gasteiger partial charge in [-0.3, -0.25) is 9.59 Å². The Bertz CT molecular complexity index is 960. The number of ether oxygens (including phenoxy) is 3. The van der Waals surface area contributed by atoms with Gasteiger partial charge in [0.1, 0.15) is 0 Å². The first-order valence-electron chi connectivity index (χ1n) is 10.2. The predicted octanol–water partition coefficient (Wildman–Crippen LogP) is 2.93. The average Bonchev–Trinajstić information content (AvgIpc) is 3.43. The maximum absolute atomic E-state index is 12.8. The summed E-state index contributed by atoms with van der Waals surface area (Å²) in [6.45, 7) is 3.77. The number of allylic oxidation sites excluding steroid dienone is 2. The first kappa shape index (κ1) is 21.5. The van der Waals surface area contributed by atoms with Crippen molar-refractivity contribution in [2.75, 3.05) is 13.7 Å². The number of halogens is 1. The summed E-state index contributed by atoms with van der Waals surface area (Å²) < 4.78 is 16.6.